The van der Waals surface area contributed by atoms with Crippen molar-refractivity contribution in [1.82, 2.24) is 14.4 Å². The number of nitrogens with zero attached hydrogens (tertiary/aromatic N) is 3. The van der Waals surface area contributed by atoms with Crippen LogP contribution >= 0.6 is 7.14 Å². The van der Waals surface area contributed by atoms with Gasteiger partial charge in [-0.2, -0.15) is 0 Å². The van der Waals surface area contributed by atoms with Gasteiger partial charge in [0.25, 0.3) is 0 Å². The second kappa shape index (κ2) is 14.5. The molecule has 5 heteroatoms. The van der Waals surface area contributed by atoms with E-state index in [0.717, 1.165) is 81.8 Å². The van der Waals surface area contributed by atoms with E-state index in [1.54, 1.807) is 0 Å². The summed E-state index contributed by atoms with van der Waals surface area (Å²) in [7, 11) is -3.37. The first-order valence-corrected chi connectivity index (χ1v) is 24.4. The Labute approximate surface area is 385 Å². The molecule has 3 aromatic heterocycles. The molecule has 0 saturated heterocycles. The SMILES string of the molecule is O=P(c1ccccc1)(c1ccc2c(ccc3ccccc32)c1)c1ccc(-c2ccc3c(c2)c2ccc4ccccc4c2c2nc4ccc(-c5cc6ccccc6c6ccccc56)cc4n32)cn1. The summed E-state index contributed by atoms with van der Waals surface area (Å²) in [6.07, 6.45) is 1.89. The van der Waals surface area contributed by atoms with Gasteiger partial charge in [-0.3, -0.25) is 9.38 Å². The molecule has 4 nitrogen and oxygen atoms in total. The highest BCUT2D eigenvalue weighted by molar-refractivity contribution is 7.85. The van der Waals surface area contributed by atoms with Crippen LogP contribution in [0.4, 0.5) is 0 Å². The molecule has 0 N–H and O–H groups in total. The van der Waals surface area contributed by atoms with Gasteiger partial charge in [0.15, 0.2) is 7.14 Å². The Balaban J connectivity index is 0.949. The average molecular weight is 872 g/mol. The van der Waals surface area contributed by atoms with E-state index in [1.807, 2.05) is 48.7 Å². The smallest absolute Gasteiger partial charge is 0.188 e. The summed E-state index contributed by atoms with van der Waals surface area (Å²) in [5, 5.41) is 16.8. The number of hydrogen-bond donors (Lipinski definition) is 0. The first kappa shape index (κ1) is 37.9. The van der Waals surface area contributed by atoms with Crippen molar-refractivity contribution in [3.63, 3.8) is 0 Å². The van der Waals surface area contributed by atoms with E-state index in [-0.39, 0.29) is 0 Å². The molecule has 14 aromatic rings. The molecule has 1 unspecified atom stereocenters. The van der Waals surface area contributed by atoms with Crippen molar-refractivity contribution in [2.45, 2.75) is 0 Å². The standard InChI is InChI=1S/C62H38N3OP/c66-67(46-15-2-1-3-16-46,47-28-30-50-43(34-47)23-22-39-12-4-7-17-48(39)50)60-33-27-45(38-63-60)41-26-32-58-56(35-41)54-29-24-40-13-5-9-19-51(40)61(54)62-64-57-31-25-44(37-59(57)65(58)62)55-36-42-14-6-8-18-49(42)52-20-10-11-21-53(52)55/h1-38H. The zero-order valence-corrected chi connectivity index (χ0v) is 37.0. The molecule has 14 rings (SSSR count). The molecule has 0 aliphatic heterocycles. The largest absolute Gasteiger partial charge is 0.307 e. The van der Waals surface area contributed by atoms with Gasteiger partial charge >= 0.3 is 0 Å². The lowest BCUT2D eigenvalue weighted by atomic mass is 9.93. The maximum atomic E-state index is 15.8. The Morgan fingerprint density at radius 1 is 0.373 bits per heavy atom. The van der Waals surface area contributed by atoms with Gasteiger partial charge in [-0.1, -0.05) is 182 Å². The van der Waals surface area contributed by atoms with Crippen LogP contribution in [0.3, 0.4) is 0 Å². The Hall–Kier alpha value is -8.43. The minimum Gasteiger partial charge on any atom is -0.307 e. The minimum absolute atomic E-state index is 0.557. The molecule has 67 heavy (non-hydrogen) atoms. The molecule has 0 bridgehead atoms. The lowest BCUT2D eigenvalue weighted by Gasteiger charge is -2.20. The lowest BCUT2D eigenvalue weighted by Crippen LogP contribution is -2.27. The number of benzene rings is 11. The quantitative estimate of drug-likeness (QED) is 0.128. The van der Waals surface area contributed by atoms with E-state index in [4.69, 9.17) is 9.97 Å². The average Bonchev–Trinajstić information content (AvgIpc) is 3.79. The maximum Gasteiger partial charge on any atom is 0.188 e. The van der Waals surface area contributed by atoms with Crippen LogP contribution in [0.15, 0.2) is 231 Å². The van der Waals surface area contributed by atoms with Gasteiger partial charge < -0.3 is 4.57 Å². The summed E-state index contributed by atoms with van der Waals surface area (Å²) in [4.78, 5) is 10.5. The van der Waals surface area contributed by atoms with Gasteiger partial charge in [0, 0.05) is 33.1 Å². The zero-order chi connectivity index (χ0) is 44.2. The normalized spacial score (nSPS) is 13.0. The molecule has 0 spiro atoms. The highest BCUT2D eigenvalue weighted by atomic mass is 31.2. The van der Waals surface area contributed by atoms with E-state index in [0.29, 0.717) is 5.44 Å². The Morgan fingerprint density at radius 2 is 0.985 bits per heavy atom. The fourth-order valence-electron chi connectivity index (χ4n) is 10.8. The van der Waals surface area contributed by atoms with Crippen molar-refractivity contribution in [2.24, 2.45) is 0 Å². The van der Waals surface area contributed by atoms with E-state index in [1.165, 1.54) is 43.3 Å². The summed E-state index contributed by atoms with van der Waals surface area (Å²) >= 11 is 0. The van der Waals surface area contributed by atoms with Crippen LogP contribution in [0.2, 0.25) is 0 Å². The summed E-state index contributed by atoms with van der Waals surface area (Å²) in [6.45, 7) is 0. The number of rotatable bonds is 5. The number of hydrogen-bond acceptors (Lipinski definition) is 3. The highest BCUT2D eigenvalue weighted by Gasteiger charge is 2.32. The predicted octanol–water partition coefficient (Wildman–Crippen LogP) is 14.9. The zero-order valence-electron chi connectivity index (χ0n) is 36.1. The summed E-state index contributed by atoms with van der Waals surface area (Å²) in [5.41, 5.74) is 8.90. The van der Waals surface area contributed by atoms with Crippen molar-refractivity contribution < 1.29 is 4.57 Å². The molecular formula is C62H38N3OP. The first-order valence-electron chi connectivity index (χ1n) is 22.7. The molecule has 0 fully saturated rings. The Kier molecular flexibility index (Phi) is 8.22. The van der Waals surface area contributed by atoms with Crippen LogP contribution in [0, 0.1) is 0 Å². The fraction of sp³-hybridized carbons (Fsp3) is 0. The molecule has 3 heterocycles. The summed E-state index contributed by atoms with van der Waals surface area (Å²) in [5.74, 6) is 0. The highest BCUT2D eigenvalue weighted by Crippen LogP contribution is 2.44. The van der Waals surface area contributed by atoms with Crippen LogP contribution in [0.5, 0.6) is 0 Å². The molecule has 11 aromatic carbocycles. The minimum atomic E-state index is -3.37. The van der Waals surface area contributed by atoms with Gasteiger partial charge in [0.2, 0.25) is 0 Å². The van der Waals surface area contributed by atoms with Gasteiger partial charge in [0.05, 0.1) is 16.6 Å². The van der Waals surface area contributed by atoms with E-state index in [2.05, 4.69) is 186 Å². The number of aromatic nitrogens is 3. The monoisotopic (exact) mass is 871 g/mol. The molecule has 0 aliphatic rings. The third kappa shape index (κ3) is 5.70. The van der Waals surface area contributed by atoms with Gasteiger partial charge in [-0.25, -0.2) is 4.98 Å². The number of imidazole rings is 1. The van der Waals surface area contributed by atoms with Crippen LogP contribution in [0.1, 0.15) is 0 Å². The van der Waals surface area contributed by atoms with Crippen LogP contribution in [-0.2, 0) is 4.57 Å². The third-order valence-electron chi connectivity index (χ3n) is 14.0. The van der Waals surface area contributed by atoms with Crippen molar-refractivity contribution in [3.05, 3.63) is 231 Å². The molecule has 0 amide bonds. The topological polar surface area (TPSA) is 47.3 Å². The Bertz CT molecular complexity index is 4420. The van der Waals surface area contributed by atoms with Gasteiger partial charge in [-0.05, 0) is 118 Å². The van der Waals surface area contributed by atoms with Crippen molar-refractivity contribution in [2.75, 3.05) is 0 Å². The van der Waals surface area contributed by atoms with E-state index in [9.17, 15) is 0 Å². The molecule has 312 valence electrons. The molecule has 0 radical (unpaired) electrons. The third-order valence-corrected chi connectivity index (χ3v) is 17.0. The van der Waals surface area contributed by atoms with Crippen molar-refractivity contribution in [3.8, 4) is 22.3 Å². The van der Waals surface area contributed by atoms with Crippen molar-refractivity contribution >= 4 is 115 Å². The van der Waals surface area contributed by atoms with E-state index >= 15 is 4.57 Å². The molecule has 0 aliphatic carbocycles. The van der Waals surface area contributed by atoms with Crippen LogP contribution < -0.4 is 16.0 Å². The van der Waals surface area contributed by atoms with Gasteiger partial charge in [-0.15, -0.1) is 0 Å². The van der Waals surface area contributed by atoms with Crippen LogP contribution in [-0.4, -0.2) is 14.4 Å². The number of fused-ring (bicyclic) bond motifs is 16. The fourth-order valence-corrected chi connectivity index (χ4v) is 13.3. The van der Waals surface area contributed by atoms with Crippen molar-refractivity contribution in [1.29, 1.82) is 0 Å². The maximum absolute atomic E-state index is 15.8. The van der Waals surface area contributed by atoms with E-state index < -0.39 is 7.14 Å². The first-order chi connectivity index (χ1) is 33.1. The lowest BCUT2D eigenvalue weighted by molar-refractivity contribution is 0.592. The summed E-state index contributed by atoms with van der Waals surface area (Å²) < 4.78 is 18.1. The second-order valence-electron chi connectivity index (χ2n) is 17.6. The van der Waals surface area contributed by atoms with Crippen LogP contribution in [0.25, 0.3) is 114 Å². The molecule has 1 atom stereocenters. The molecular weight excluding hydrogens is 834 g/mol. The Morgan fingerprint density at radius 3 is 1.79 bits per heavy atom. The number of pyridine rings is 2. The summed E-state index contributed by atoms with van der Waals surface area (Å²) in [6, 6.07) is 79.0. The predicted molar refractivity (Wildman–Crippen MR) is 283 cm³/mol. The van der Waals surface area contributed by atoms with Gasteiger partial charge in [0.1, 0.15) is 11.1 Å². The molecule has 0 saturated carbocycles. The second-order valence-corrected chi connectivity index (χ2v) is 20.4.